The first kappa shape index (κ1) is 20.4. The summed E-state index contributed by atoms with van der Waals surface area (Å²) in [7, 11) is 4.14. The molecule has 6 heteroatoms. The standard InChI is InChI=1S/C23H37N5O/c1-28(2)22-19-9-5-6-10-20(19)26-23(27-22)25-18-13-11-17(12-14-18)24-21(29)15-16-7-3-4-8-16/h16-18H,3-15H2,1-2H3,(H,24,29)(H,25,26,27). The van der Waals surface area contributed by atoms with Crippen molar-refractivity contribution in [2.24, 2.45) is 5.92 Å². The minimum atomic E-state index is 0.266. The van der Waals surface area contributed by atoms with Crippen LogP contribution in [0.2, 0.25) is 0 Å². The minimum Gasteiger partial charge on any atom is -0.362 e. The Labute approximate surface area is 175 Å². The highest BCUT2D eigenvalue weighted by Gasteiger charge is 2.26. The molecule has 0 radical (unpaired) electrons. The smallest absolute Gasteiger partial charge is 0.225 e. The molecule has 6 nitrogen and oxygen atoms in total. The van der Waals surface area contributed by atoms with Gasteiger partial charge in [0.2, 0.25) is 11.9 Å². The van der Waals surface area contributed by atoms with Gasteiger partial charge in [-0.05, 0) is 70.1 Å². The number of rotatable bonds is 6. The minimum absolute atomic E-state index is 0.266. The van der Waals surface area contributed by atoms with Crippen LogP contribution in [0.1, 0.15) is 81.9 Å². The SMILES string of the molecule is CN(C)c1nc(NC2CCC(NC(=O)CC3CCCC3)CC2)nc2c1CCCC2. The highest BCUT2D eigenvalue weighted by atomic mass is 16.1. The Hall–Kier alpha value is -1.85. The molecule has 1 aromatic rings. The predicted octanol–water partition coefficient (Wildman–Crippen LogP) is 3.84. The van der Waals surface area contributed by atoms with Gasteiger partial charge in [-0.1, -0.05) is 12.8 Å². The molecule has 0 saturated heterocycles. The van der Waals surface area contributed by atoms with Crippen LogP contribution >= 0.6 is 0 Å². The molecule has 2 N–H and O–H groups in total. The number of aryl methyl sites for hydroxylation is 1. The van der Waals surface area contributed by atoms with Crippen molar-refractivity contribution in [2.75, 3.05) is 24.3 Å². The zero-order valence-corrected chi connectivity index (χ0v) is 18.2. The summed E-state index contributed by atoms with van der Waals surface area (Å²) in [5, 5.41) is 6.89. The molecule has 0 spiro atoms. The topological polar surface area (TPSA) is 70.2 Å². The van der Waals surface area contributed by atoms with Gasteiger partial charge >= 0.3 is 0 Å². The molecule has 1 heterocycles. The van der Waals surface area contributed by atoms with Gasteiger partial charge < -0.3 is 15.5 Å². The first-order valence-electron chi connectivity index (χ1n) is 11.7. The number of carbonyl (C=O) groups is 1. The van der Waals surface area contributed by atoms with Gasteiger partial charge in [0, 0.05) is 38.2 Å². The molecule has 2 fully saturated rings. The molecule has 4 rings (SSSR count). The molecule has 3 aliphatic rings. The van der Waals surface area contributed by atoms with Gasteiger partial charge in [0.15, 0.2) is 0 Å². The fraction of sp³-hybridized carbons (Fsp3) is 0.783. The van der Waals surface area contributed by atoms with Crippen molar-refractivity contribution in [1.29, 1.82) is 0 Å². The van der Waals surface area contributed by atoms with E-state index in [1.54, 1.807) is 0 Å². The van der Waals surface area contributed by atoms with Gasteiger partial charge in [-0.2, -0.15) is 4.98 Å². The molecule has 29 heavy (non-hydrogen) atoms. The van der Waals surface area contributed by atoms with E-state index in [4.69, 9.17) is 9.97 Å². The van der Waals surface area contributed by atoms with Gasteiger partial charge in [-0.3, -0.25) is 4.79 Å². The highest BCUT2D eigenvalue weighted by Crippen LogP contribution is 2.30. The maximum absolute atomic E-state index is 12.3. The van der Waals surface area contributed by atoms with E-state index in [9.17, 15) is 4.79 Å². The first-order chi connectivity index (χ1) is 14.1. The summed E-state index contributed by atoms with van der Waals surface area (Å²) >= 11 is 0. The Kier molecular flexibility index (Phi) is 6.56. The molecule has 1 aromatic heterocycles. The Bertz CT molecular complexity index is 705. The number of aromatic nitrogens is 2. The first-order valence-corrected chi connectivity index (χ1v) is 11.7. The zero-order valence-electron chi connectivity index (χ0n) is 18.2. The van der Waals surface area contributed by atoms with E-state index in [-0.39, 0.29) is 5.91 Å². The van der Waals surface area contributed by atoms with E-state index in [1.165, 1.54) is 49.8 Å². The maximum Gasteiger partial charge on any atom is 0.225 e. The molecule has 160 valence electrons. The summed E-state index contributed by atoms with van der Waals surface area (Å²) in [6.45, 7) is 0. The Balaban J connectivity index is 1.29. The second-order valence-electron chi connectivity index (χ2n) is 9.51. The van der Waals surface area contributed by atoms with Crippen LogP contribution in [0.15, 0.2) is 0 Å². The van der Waals surface area contributed by atoms with Crippen molar-refractivity contribution in [1.82, 2.24) is 15.3 Å². The summed E-state index contributed by atoms with van der Waals surface area (Å²) in [5.41, 5.74) is 2.56. The molecule has 0 atom stereocenters. The second kappa shape index (κ2) is 9.31. The molecule has 0 bridgehead atoms. The van der Waals surface area contributed by atoms with E-state index in [2.05, 4.69) is 29.6 Å². The lowest BCUT2D eigenvalue weighted by molar-refractivity contribution is -0.122. The zero-order chi connectivity index (χ0) is 20.2. The van der Waals surface area contributed by atoms with Crippen molar-refractivity contribution < 1.29 is 4.79 Å². The molecule has 0 aliphatic heterocycles. The summed E-state index contributed by atoms with van der Waals surface area (Å²) in [6, 6.07) is 0.735. The second-order valence-corrected chi connectivity index (χ2v) is 9.51. The quantitative estimate of drug-likeness (QED) is 0.760. The van der Waals surface area contributed by atoms with E-state index in [0.29, 0.717) is 18.0 Å². The molecule has 0 unspecified atom stereocenters. The van der Waals surface area contributed by atoms with E-state index < -0.39 is 0 Å². The number of anilines is 2. The normalized spacial score (nSPS) is 24.8. The largest absolute Gasteiger partial charge is 0.362 e. The third-order valence-electron chi connectivity index (χ3n) is 6.96. The van der Waals surface area contributed by atoms with E-state index in [0.717, 1.165) is 56.7 Å². The monoisotopic (exact) mass is 399 g/mol. The number of hydrogen-bond donors (Lipinski definition) is 2. The summed E-state index contributed by atoms with van der Waals surface area (Å²) in [6.07, 6.45) is 14.6. The molecular formula is C23H37N5O. The molecule has 2 saturated carbocycles. The fourth-order valence-electron chi connectivity index (χ4n) is 5.34. The molecule has 3 aliphatic carbocycles. The van der Waals surface area contributed by atoms with Crippen molar-refractivity contribution in [3.63, 3.8) is 0 Å². The molecule has 1 amide bonds. The van der Waals surface area contributed by atoms with Gasteiger partial charge in [-0.25, -0.2) is 4.98 Å². The molecule has 0 aromatic carbocycles. The predicted molar refractivity (Wildman–Crippen MR) is 117 cm³/mol. The van der Waals surface area contributed by atoms with Gasteiger partial charge in [-0.15, -0.1) is 0 Å². The lowest BCUT2D eigenvalue weighted by Crippen LogP contribution is -2.40. The number of nitrogens with one attached hydrogen (secondary N) is 2. The lowest BCUT2D eigenvalue weighted by atomic mass is 9.91. The summed E-state index contributed by atoms with van der Waals surface area (Å²) in [5.74, 6) is 2.75. The van der Waals surface area contributed by atoms with Crippen LogP contribution in [0.25, 0.3) is 0 Å². The van der Waals surface area contributed by atoms with Crippen LogP contribution in [0.3, 0.4) is 0 Å². The Morgan fingerprint density at radius 2 is 1.62 bits per heavy atom. The van der Waals surface area contributed by atoms with Crippen molar-refractivity contribution in [3.8, 4) is 0 Å². The Morgan fingerprint density at radius 3 is 2.34 bits per heavy atom. The van der Waals surface area contributed by atoms with Crippen LogP contribution < -0.4 is 15.5 Å². The number of nitrogens with zero attached hydrogens (tertiary/aromatic N) is 3. The average Bonchev–Trinajstić information content (AvgIpc) is 3.21. The number of carbonyl (C=O) groups excluding carboxylic acids is 1. The van der Waals surface area contributed by atoms with Gasteiger partial charge in [0.1, 0.15) is 5.82 Å². The van der Waals surface area contributed by atoms with Crippen molar-refractivity contribution in [3.05, 3.63) is 11.3 Å². The maximum atomic E-state index is 12.3. The third kappa shape index (κ3) is 5.20. The highest BCUT2D eigenvalue weighted by molar-refractivity contribution is 5.76. The number of amides is 1. The van der Waals surface area contributed by atoms with Crippen LogP contribution in [0.5, 0.6) is 0 Å². The average molecular weight is 400 g/mol. The fourth-order valence-corrected chi connectivity index (χ4v) is 5.34. The van der Waals surface area contributed by atoms with Crippen LogP contribution in [-0.2, 0) is 17.6 Å². The summed E-state index contributed by atoms with van der Waals surface area (Å²) in [4.78, 5) is 24.1. The van der Waals surface area contributed by atoms with Crippen LogP contribution in [0, 0.1) is 5.92 Å². The lowest BCUT2D eigenvalue weighted by Gasteiger charge is -2.30. The molecular weight excluding hydrogens is 362 g/mol. The van der Waals surface area contributed by atoms with Crippen molar-refractivity contribution in [2.45, 2.75) is 95.6 Å². The Morgan fingerprint density at radius 1 is 0.931 bits per heavy atom. The van der Waals surface area contributed by atoms with E-state index >= 15 is 0 Å². The third-order valence-corrected chi connectivity index (χ3v) is 6.96. The van der Waals surface area contributed by atoms with Gasteiger partial charge in [0.05, 0.1) is 5.69 Å². The number of fused-ring (bicyclic) bond motifs is 1. The summed E-state index contributed by atoms with van der Waals surface area (Å²) < 4.78 is 0. The van der Waals surface area contributed by atoms with Gasteiger partial charge in [0.25, 0.3) is 0 Å². The van der Waals surface area contributed by atoms with Crippen LogP contribution in [0.4, 0.5) is 11.8 Å². The number of hydrogen-bond acceptors (Lipinski definition) is 5. The van der Waals surface area contributed by atoms with E-state index in [1.807, 2.05) is 0 Å². The van der Waals surface area contributed by atoms with Crippen molar-refractivity contribution >= 4 is 17.7 Å². The van der Waals surface area contributed by atoms with Crippen LogP contribution in [-0.4, -0.2) is 42.1 Å².